The molecule has 2 atom stereocenters. The van der Waals surface area contributed by atoms with Crippen LogP contribution >= 0.6 is 0 Å². The molecule has 1 rings (SSSR count). The summed E-state index contributed by atoms with van der Waals surface area (Å²) in [5, 5.41) is 9.70. The van der Waals surface area contributed by atoms with E-state index in [4.69, 9.17) is 9.47 Å². The fraction of sp³-hybridized carbons (Fsp3) is 0.943. The second-order valence-corrected chi connectivity index (χ2v) is 12.1. The Balaban J connectivity index is 2.05. The summed E-state index contributed by atoms with van der Waals surface area (Å²) < 4.78 is 12.5. The predicted octanol–water partition coefficient (Wildman–Crippen LogP) is 9.98. The van der Waals surface area contributed by atoms with Gasteiger partial charge in [0.2, 0.25) is 0 Å². The van der Waals surface area contributed by atoms with Crippen molar-refractivity contribution < 1.29 is 14.6 Å². The van der Waals surface area contributed by atoms with Crippen LogP contribution in [-0.4, -0.2) is 55.2 Å². The molecule has 0 spiro atoms. The molecule has 0 bridgehead atoms. The average molecular weight is 552 g/mol. The zero-order chi connectivity index (χ0) is 28.1. The lowest BCUT2D eigenvalue weighted by Crippen LogP contribution is -2.40. The minimum Gasteiger partial charge on any atom is -0.395 e. The van der Waals surface area contributed by atoms with Gasteiger partial charge >= 0.3 is 0 Å². The summed E-state index contributed by atoms with van der Waals surface area (Å²) in [6.45, 7) is 8.26. The number of unbranched alkanes of at least 4 members (excludes halogenated alkanes) is 19. The Morgan fingerprint density at radius 2 is 1.08 bits per heavy atom. The van der Waals surface area contributed by atoms with Gasteiger partial charge in [0.25, 0.3) is 0 Å². The summed E-state index contributed by atoms with van der Waals surface area (Å²) in [4.78, 5) is 2.38. The summed E-state index contributed by atoms with van der Waals surface area (Å²) in [5.74, 6) is 0. The molecule has 2 unspecified atom stereocenters. The van der Waals surface area contributed by atoms with Crippen molar-refractivity contribution in [3.63, 3.8) is 0 Å². The number of rotatable bonds is 30. The largest absolute Gasteiger partial charge is 0.395 e. The number of ether oxygens (including phenoxy) is 2. The van der Waals surface area contributed by atoms with E-state index < -0.39 is 0 Å². The fourth-order valence-corrected chi connectivity index (χ4v) is 5.70. The van der Waals surface area contributed by atoms with Crippen LogP contribution in [0.4, 0.5) is 0 Å². The van der Waals surface area contributed by atoms with E-state index in [2.05, 4.69) is 30.9 Å². The van der Waals surface area contributed by atoms with Crippen molar-refractivity contribution in [3.8, 4) is 0 Å². The maximum absolute atomic E-state index is 9.70. The summed E-state index contributed by atoms with van der Waals surface area (Å²) in [5.41, 5.74) is 0. The Bertz CT molecular complexity index is 512. The number of aliphatic hydroxyl groups excluding tert-OH is 1. The molecule has 0 aromatic heterocycles. The van der Waals surface area contributed by atoms with Gasteiger partial charge in [-0.15, -0.1) is 0 Å². The maximum Gasteiger partial charge on any atom is 0.170 e. The van der Waals surface area contributed by atoms with Gasteiger partial charge in [-0.2, -0.15) is 0 Å². The van der Waals surface area contributed by atoms with Crippen LogP contribution in [0.2, 0.25) is 0 Å². The number of likely N-dealkylation sites (tertiary alicyclic amines) is 1. The number of allylic oxidation sites excluding steroid dienone is 2. The summed E-state index contributed by atoms with van der Waals surface area (Å²) in [6, 6.07) is 0.285. The lowest BCUT2D eigenvalue weighted by molar-refractivity contribution is -0.156. The molecular formula is C35H69NO3. The predicted molar refractivity (Wildman–Crippen MR) is 169 cm³/mol. The van der Waals surface area contributed by atoms with Gasteiger partial charge < -0.3 is 14.6 Å². The van der Waals surface area contributed by atoms with Crippen LogP contribution in [0.5, 0.6) is 0 Å². The third-order valence-electron chi connectivity index (χ3n) is 8.35. The van der Waals surface area contributed by atoms with Crippen LogP contribution in [0, 0.1) is 0 Å². The molecule has 0 radical (unpaired) electrons. The van der Waals surface area contributed by atoms with Crippen LogP contribution in [0.3, 0.4) is 0 Å². The van der Waals surface area contributed by atoms with Gasteiger partial charge in [-0.25, -0.2) is 0 Å². The standard InChI is InChI=1S/C35H69NO3/c1-3-5-7-9-11-13-14-15-16-17-18-19-20-22-24-26-31-39-35(32-36-29-27-28-34(36)33-37)38-30-25-23-21-12-10-8-6-4-2/h15-16,34-35,37H,3-14,17-33H2,1-2H3. The molecule has 1 aliphatic rings. The van der Waals surface area contributed by atoms with Crippen LogP contribution in [0.25, 0.3) is 0 Å². The zero-order valence-corrected chi connectivity index (χ0v) is 26.5. The van der Waals surface area contributed by atoms with E-state index in [0.29, 0.717) is 0 Å². The SMILES string of the molecule is CCCCCCCCC=CCCCCCCCCOC(CN1CCCC1CO)OCCCCCCCCCC. The number of hydrogen-bond donors (Lipinski definition) is 1. The first-order chi connectivity index (χ1) is 19.3. The number of aliphatic hydroxyl groups is 1. The van der Waals surface area contributed by atoms with E-state index in [0.717, 1.165) is 45.6 Å². The Morgan fingerprint density at radius 1 is 0.641 bits per heavy atom. The first-order valence-corrected chi connectivity index (χ1v) is 17.5. The first-order valence-electron chi connectivity index (χ1n) is 17.5. The third-order valence-corrected chi connectivity index (χ3v) is 8.35. The molecule has 1 fully saturated rings. The minimum atomic E-state index is -0.148. The lowest BCUT2D eigenvalue weighted by Gasteiger charge is -2.28. The van der Waals surface area contributed by atoms with Gasteiger partial charge in [0, 0.05) is 25.8 Å². The summed E-state index contributed by atoms with van der Waals surface area (Å²) in [7, 11) is 0. The van der Waals surface area contributed by atoms with Crippen molar-refractivity contribution in [1.29, 1.82) is 0 Å². The molecule has 1 heterocycles. The highest BCUT2D eigenvalue weighted by molar-refractivity contribution is 4.81. The van der Waals surface area contributed by atoms with Crippen molar-refractivity contribution in [1.82, 2.24) is 4.90 Å². The van der Waals surface area contributed by atoms with Crippen LogP contribution in [0.15, 0.2) is 12.2 Å². The smallest absolute Gasteiger partial charge is 0.170 e. The van der Waals surface area contributed by atoms with E-state index in [9.17, 15) is 5.11 Å². The second-order valence-electron chi connectivity index (χ2n) is 12.1. The summed E-state index contributed by atoms with van der Waals surface area (Å²) >= 11 is 0. The highest BCUT2D eigenvalue weighted by Crippen LogP contribution is 2.18. The molecule has 0 aliphatic carbocycles. The molecule has 0 saturated carbocycles. The summed E-state index contributed by atoms with van der Waals surface area (Å²) in [6.07, 6.45) is 36.1. The van der Waals surface area contributed by atoms with E-state index in [1.165, 1.54) is 135 Å². The van der Waals surface area contributed by atoms with Gasteiger partial charge in [-0.3, -0.25) is 4.90 Å². The highest BCUT2D eigenvalue weighted by Gasteiger charge is 2.26. The molecule has 232 valence electrons. The van der Waals surface area contributed by atoms with Gasteiger partial charge in [-0.1, -0.05) is 129 Å². The van der Waals surface area contributed by atoms with Gasteiger partial charge in [0.05, 0.1) is 6.61 Å². The van der Waals surface area contributed by atoms with Crippen LogP contribution in [-0.2, 0) is 9.47 Å². The molecule has 4 nitrogen and oxygen atoms in total. The minimum absolute atomic E-state index is 0.148. The number of hydrogen-bond acceptors (Lipinski definition) is 4. The van der Waals surface area contributed by atoms with Crippen LogP contribution < -0.4 is 0 Å². The Labute approximate surface area is 244 Å². The quantitative estimate of drug-likeness (QED) is 0.0548. The third kappa shape index (κ3) is 22.9. The lowest BCUT2D eigenvalue weighted by atomic mass is 10.1. The molecule has 0 aromatic rings. The molecule has 39 heavy (non-hydrogen) atoms. The van der Waals surface area contributed by atoms with Crippen molar-refractivity contribution in [2.45, 2.75) is 180 Å². The highest BCUT2D eigenvalue weighted by atomic mass is 16.7. The fourth-order valence-electron chi connectivity index (χ4n) is 5.70. The molecule has 1 N–H and O–H groups in total. The monoisotopic (exact) mass is 552 g/mol. The topological polar surface area (TPSA) is 41.9 Å². The Morgan fingerprint density at radius 3 is 1.54 bits per heavy atom. The van der Waals surface area contributed by atoms with E-state index in [1.807, 2.05) is 0 Å². The molecule has 1 saturated heterocycles. The van der Waals surface area contributed by atoms with E-state index in [-0.39, 0.29) is 18.9 Å². The van der Waals surface area contributed by atoms with Crippen molar-refractivity contribution >= 4 is 0 Å². The van der Waals surface area contributed by atoms with Gasteiger partial charge in [0.1, 0.15) is 0 Å². The van der Waals surface area contributed by atoms with Gasteiger partial charge in [-0.05, 0) is 57.9 Å². The molecule has 1 aliphatic heterocycles. The van der Waals surface area contributed by atoms with Crippen LogP contribution in [0.1, 0.15) is 168 Å². The maximum atomic E-state index is 9.70. The molecule has 0 amide bonds. The van der Waals surface area contributed by atoms with E-state index >= 15 is 0 Å². The van der Waals surface area contributed by atoms with Crippen molar-refractivity contribution in [3.05, 3.63) is 12.2 Å². The Hall–Kier alpha value is -0.420. The second kappa shape index (κ2) is 29.1. The number of nitrogens with zero attached hydrogens (tertiary/aromatic N) is 1. The van der Waals surface area contributed by atoms with Gasteiger partial charge in [0.15, 0.2) is 6.29 Å². The van der Waals surface area contributed by atoms with Crippen molar-refractivity contribution in [2.24, 2.45) is 0 Å². The molecular weight excluding hydrogens is 482 g/mol. The average Bonchev–Trinajstić information content (AvgIpc) is 3.40. The Kier molecular flexibility index (Phi) is 27.3. The zero-order valence-electron chi connectivity index (χ0n) is 26.5. The first kappa shape index (κ1) is 36.6. The normalized spacial score (nSPS) is 17.1. The molecule has 4 heteroatoms. The molecule has 0 aromatic carbocycles. The van der Waals surface area contributed by atoms with Crippen molar-refractivity contribution in [2.75, 3.05) is 32.9 Å². The van der Waals surface area contributed by atoms with E-state index in [1.54, 1.807) is 0 Å².